The third kappa shape index (κ3) is 5.85. The molecule has 0 radical (unpaired) electrons. The first-order chi connectivity index (χ1) is 20.9. The van der Waals surface area contributed by atoms with Crippen LogP contribution in [-0.2, 0) is 30.4 Å². The van der Waals surface area contributed by atoms with Crippen molar-refractivity contribution in [2.75, 3.05) is 13.7 Å². The molecule has 0 aliphatic heterocycles. The van der Waals surface area contributed by atoms with E-state index >= 15 is 0 Å². The van der Waals surface area contributed by atoms with Crippen molar-refractivity contribution in [3.8, 4) is 5.75 Å². The standard InChI is InChI=1S/C33H43N3O8/c1-19(37)24-8-9-25-23-7-6-21-17-22(11-13-32(21,2)26(23)12-14-33(24,25)3)35-44-18-30(39)34-27(31(40)43-4)15-20-5-10-29(38)28(16-20)36(41)42/h5,10,16-17,23-27,38H,6-9,11-15,18H2,1-4H3,(H,34,39)/b35-22-/t23-,24+,25-,26-,27-,32-,33+/m0/s1. The van der Waals surface area contributed by atoms with E-state index in [2.05, 4.69) is 30.4 Å². The van der Waals surface area contributed by atoms with Crippen LogP contribution in [0.15, 0.2) is 35.0 Å². The van der Waals surface area contributed by atoms with Gasteiger partial charge in [-0.25, -0.2) is 4.79 Å². The maximum atomic E-state index is 12.7. The summed E-state index contributed by atoms with van der Waals surface area (Å²) in [5.41, 5.74) is 2.30. The Morgan fingerprint density at radius 3 is 2.61 bits per heavy atom. The molecule has 1 aromatic carbocycles. The number of hydrogen-bond donors (Lipinski definition) is 2. The van der Waals surface area contributed by atoms with Crippen LogP contribution in [0, 0.1) is 44.6 Å². The number of carbonyl (C=O) groups is 3. The number of ketones is 1. The molecule has 7 atom stereocenters. The molecule has 44 heavy (non-hydrogen) atoms. The number of oxime groups is 1. The number of esters is 1. The first-order valence-corrected chi connectivity index (χ1v) is 15.6. The van der Waals surface area contributed by atoms with E-state index in [0.717, 1.165) is 63.1 Å². The molecular weight excluding hydrogens is 566 g/mol. The lowest BCUT2D eigenvalue weighted by atomic mass is 9.46. The lowest BCUT2D eigenvalue weighted by molar-refractivity contribution is -0.385. The number of benzene rings is 1. The second-order valence-electron chi connectivity index (χ2n) is 13.6. The van der Waals surface area contributed by atoms with Crippen LogP contribution in [0.1, 0.15) is 77.7 Å². The van der Waals surface area contributed by atoms with E-state index in [9.17, 15) is 29.6 Å². The highest BCUT2D eigenvalue weighted by atomic mass is 16.6. The van der Waals surface area contributed by atoms with Gasteiger partial charge in [0.05, 0.1) is 17.7 Å². The second-order valence-corrected chi connectivity index (χ2v) is 13.6. The van der Waals surface area contributed by atoms with Gasteiger partial charge in [0.2, 0.25) is 0 Å². The van der Waals surface area contributed by atoms with Gasteiger partial charge in [-0.1, -0.05) is 30.6 Å². The normalized spacial score (nSPS) is 32.4. The van der Waals surface area contributed by atoms with Crippen molar-refractivity contribution in [3.63, 3.8) is 0 Å². The number of nitro benzene ring substituents is 1. The number of allylic oxidation sites excluding steroid dienone is 2. The fourth-order valence-corrected chi connectivity index (χ4v) is 9.13. The summed E-state index contributed by atoms with van der Waals surface area (Å²) in [7, 11) is 1.18. The molecule has 4 aliphatic carbocycles. The average Bonchev–Trinajstić information content (AvgIpc) is 3.35. The number of hydrogen-bond acceptors (Lipinski definition) is 9. The number of fused-ring (bicyclic) bond motifs is 5. The van der Waals surface area contributed by atoms with E-state index in [4.69, 9.17) is 9.57 Å². The number of aromatic hydroxyl groups is 1. The van der Waals surface area contributed by atoms with Gasteiger partial charge in [-0.2, -0.15) is 0 Å². The van der Waals surface area contributed by atoms with Crippen LogP contribution in [0.25, 0.3) is 0 Å². The molecule has 5 rings (SSSR count). The van der Waals surface area contributed by atoms with E-state index in [1.54, 1.807) is 6.92 Å². The Balaban J connectivity index is 1.19. The van der Waals surface area contributed by atoms with Gasteiger partial charge in [-0.3, -0.25) is 19.7 Å². The molecule has 0 heterocycles. The Morgan fingerprint density at radius 2 is 1.91 bits per heavy atom. The Hall–Kier alpha value is -3.76. The summed E-state index contributed by atoms with van der Waals surface area (Å²) in [6, 6.07) is 2.65. The molecule has 11 heteroatoms. The molecule has 0 unspecified atom stereocenters. The van der Waals surface area contributed by atoms with Gasteiger partial charge in [0.25, 0.3) is 5.91 Å². The van der Waals surface area contributed by atoms with Crippen molar-refractivity contribution < 1.29 is 34.0 Å². The average molecular weight is 610 g/mol. The topological polar surface area (TPSA) is 157 Å². The lowest BCUT2D eigenvalue weighted by Gasteiger charge is -2.58. The maximum Gasteiger partial charge on any atom is 0.328 e. The summed E-state index contributed by atoms with van der Waals surface area (Å²) >= 11 is 0. The van der Waals surface area contributed by atoms with Crippen molar-refractivity contribution in [2.45, 2.75) is 84.6 Å². The minimum atomic E-state index is -1.11. The number of phenolic OH excluding ortho intramolecular Hbond substituents is 1. The molecule has 3 saturated carbocycles. The Morgan fingerprint density at radius 1 is 1.14 bits per heavy atom. The molecule has 1 aromatic rings. The van der Waals surface area contributed by atoms with Crippen LogP contribution >= 0.6 is 0 Å². The number of carbonyl (C=O) groups excluding carboxylic acids is 3. The minimum Gasteiger partial charge on any atom is -0.502 e. The minimum absolute atomic E-state index is 0.0731. The van der Waals surface area contributed by atoms with Crippen LogP contribution in [0.4, 0.5) is 5.69 Å². The second kappa shape index (κ2) is 12.3. The number of nitrogens with zero attached hydrogens (tertiary/aromatic N) is 2. The Labute approximate surface area is 257 Å². The first kappa shape index (κ1) is 31.7. The number of methoxy groups -OCH3 is 1. The molecule has 0 spiro atoms. The van der Waals surface area contributed by atoms with Gasteiger partial charge >= 0.3 is 11.7 Å². The summed E-state index contributed by atoms with van der Waals surface area (Å²) in [5.74, 6) is 0.626. The number of nitro groups is 1. The van der Waals surface area contributed by atoms with Crippen LogP contribution in [0.3, 0.4) is 0 Å². The van der Waals surface area contributed by atoms with Gasteiger partial charge < -0.3 is 20.0 Å². The summed E-state index contributed by atoms with van der Waals surface area (Å²) in [4.78, 5) is 53.3. The molecule has 0 bridgehead atoms. The number of Topliss-reactive ketones (excluding diaryl/α,β-unsaturated/α-hetero) is 1. The zero-order chi connectivity index (χ0) is 31.8. The molecule has 1 amide bonds. The van der Waals surface area contributed by atoms with Crippen LogP contribution in [0.5, 0.6) is 5.75 Å². The fraction of sp³-hybridized carbons (Fsp3) is 0.636. The van der Waals surface area contributed by atoms with Crippen LogP contribution in [-0.4, -0.2) is 53.2 Å². The summed E-state index contributed by atoms with van der Waals surface area (Å²) in [6.45, 7) is 6.13. The number of ether oxygens (including phenoxy) is 1. The predicted molar refractivity (Wildman–Crippen MR) is 162 cm³/mol. The third-order valence-corrected chi connectivity index (χ3v) is 11.3. The van der Waals surface area contributed by atoms with E-state index in [1.807, 2.05) is 0 Å². The molecule has 4 aliphatic rings. The van der Waals surface area contributed by atoms with Gasteiger partial charge in [-0.15, -0.1) is 0 Å². The van der Waals surface area contributed by atoms with Gasteiger partial charge in [-0.05, 0) is 105 Å². The smallest absolute Gasteiger partial charge is 0.328 e. The number of rotatable bonds is 9. The van der Waals surface area contributed by atoms with Crippen LogP contribution < -0.4 is 5.32 Å². The highest BCUT2D eigenvalue weighted by molar-refractivity contribution is 5.96. The lowest BCUT2D eigenvalue weighted by Crippen LogP contribution is -2.51. The van der Waals surface area contributed by atoms with E-state index < -0.39 is 40.9 Å². The molecule has 2 N–H and O–H groups in total. The molecular formula is C33H43N3O8. The summed E-state index contributed by atoms with van der Waals surface area (Å²) in [6.07, 6.45) is 10.4. The fourth-order valence-electron chi connectivity index (χ4n) is 9.13. The SMILES string of the molecule is COC(=O)[C@H](Cc1ccc(O)c([N+](=O)[O-])c1)NC(=O)CO/N=C1\C=C2CC[C@H]3[C@@H]4CC[C@H](C(C)=O)[C@@]4(C)CC[C@@H]3[C@@]2(C)CC1. The van der Waals surface area contributed by atoms with Crippen molar-refractivity contribution in [1.29, 1.82) is 0 Å². The Bertz CT molecular complexity index is 1410. The van der Waals surface area contributed by atoms with E-state index in [-0.39, 0.29) is 23.2 Å². The van der Waals surface area contributed by atoms with Gasteiger partial charge in [0.15, 0.2) is 12.4 Å². The number of amides is 1. The zero-order valence-corrected chi connectivity index (χ0v) is 26.0. The summed E-state index contributed by atoms with van der Waals surface area (Å²) < 4.78 is 4.80. The number of phenols is 1. The van der Waals surface area contributed by atoms with Gasteiger partial charge in [0, 0.05) is 18.4 Å². The largest absolute Gasteiger partial charge is 0.502 e. The van der Waals surface area contributed by atoms with Crippen LogP contribution in [0.2, 0.25) is 0 Å². The van der Waals surface area contributed by atoms with Gasteiger partial charge in [0.1, 0.15) is 11.8 Å². The van der Waals surface area contributed by atoms with Crippen molar-refractivity contribution in [2.24, 2.45) is 39.7 Å². The van der Waals surface area contributed by atoms with Crippen molar-refractivity contribution in [3.05, 3.63) is 45.5 Å². The molecule has 0 saturated heterocycles. The number of nitrogens with one attached hydrogen (secondary N) is 1. The predicted octanol–water partition coefficient (Wildman–Crippen LogP) is 5.04. The van der Waals surface area contributed by atoms with E-state index in [1.165, 1.54) is 24.8 Å². The molecule has 0 aromatic heterocycles. The monoisotopic (exact) mass is 609 g/mol. The summed E-state index contributed by atoms with van der Waals surface area (Å²) in [5, 5.41) is 27.7. The zero-order valence-electron chi connectivity index (χ0n) is 26.0. The highest BCUT2D eigenvalue weighted by Gasteiger charge is 2.59. The third-order valence-electron chi connectivity index (χ3n) is 11.3. The quantitative estimate of drug-likeness (QED) is 0.224. The maximum absolute atomic E-state index is 12.7. The van der Waals surface area contributed by atoms with Crippen molar-refractivity contribution in [1.82, 2.24) is 5.32 Å². The van der Waals surface area contributed by atoms with Crippen molar-refractivity contribution >= 4 is 29.1 Å². The molecule has 3 fully saturated rings. The Kier molecular flexibility index (Phi) is 8.87. The molecule has 238 valence electrons. The first-order valence-electron chi connectivity index (χ1n) is 15.6. The highest BCUT2D eigenvalue weighted by Crippen LogP contribution is 2.66. The molecule has 11 nitrogen and oxygen atoms in total. The van der Waals surface area contributed by atoms with E-state index in [0.29, 0.717) is 29.1 Å².